The van der Waals surface area contributed by atoms with E-state index >= 15 is 0 Å². The predicted octanol–water partition coefficient (Wildman–Crippen LogP) is 4.15. The quantitative estimate of drug-likeness (QED) is 0.364. The molecule has 11 heteroatoms. The molecule has 0 aliphatic rings. The Balaban J connectivity index is 1.87. The maximum absolute atomic E-state index is 14.8. The maximum atomic E-state index is 14.8. The molecule has 0 heterocycles. The minimum atomic E-state index is -4.38. The molecule has 0 saturated carbocycles. The Hall–Kier alpha value is -3.99. The van der Waals surface area contributed by atoms with Crippen LogP contribution in [0.2, 0.25) is 0 Å². The molecule has 0 saturated heterocycles. The number of methoxy groups -OCH3 is 3. The third-order valence-electron chi connectivity index (χ3n) is 5.43. The number of nitrogens with zero attached hydrogens (tertiary/aromatic N) is 1. The van der Waals surface area contributed by atoms with E-state index in [9.17, 15) is 17.6 Å². The van der Waals surface area contributed by atoms with E-state index < -0.39 is 28.3 Å². The van der Waals surface area contributed by atoms with E-state index in [1.807, 2.05) is 13.8 Å². The number of nitrogens with one attached hydrogen (secondary N) is 1. The van der Waals surface area contributed by atoms with Gasteiger partial charge in [0.05, 0.1) is 38.0 Å². The molecule has 3 rings (SSSR count). The Morgan fingerprint density at radius 2 is 1.53 bits per heavy atom. The number of carbonyl (C=O) groups excluding carboxylic acids is 1. The molecule has 204 valence electrons. The third-order valence-corrected chi connectivity index (χ3v) is 7.19. The lowest BCUT2D eigenvalue weighted by molar-refractivity contribution is -0.119. The fourth-order valence-electron chi connectivity index (χ4n) is 3.62. The van der Waals surface area contributed by atoms with Crippen LogP contribution in [0.15, 0.2) is 65.6 Å². The van der Waals surface area contributed by atoms with Gasteiger partial charge in [-0.15, -0.1) is 0 Å². The van der Waals surface area contributed by atoms with Gasteiger partial charge >= 0.3 is 0 Å². The molecule has 0 aliphatic carbocycles. The molecule has 0 bridgehead atoms. The van der Waals surface area contributed by atoms with E-state index in [0.29, 0.717) is 22.8 Å². The van der Waals surface area contributed by atoms with Crippen molar-refractivity contribution in [3.05, 3.63) is 72.0 Å². The normalized spacial score (nSPS) is 11.1. The molecule has 0 spiro atoms. The van der Waals surface area contributed by atoms with Crippen LogP contribution in [0.3, 0.4) is 0 Å². The second kappa shape index (κ2) is 12.5. The Bertz CT molecular complexity index is 1380. The Morgan fingerprint density at radius 1 is 0.895 bits per heavy atom. The lowest BCUT2D eigenvalue weighted by atomic mass is 10.2. The van der Waals surface area contributed by atoms with Gasteiger partial charge in [-0.25, -0.2) is 12.8 Å². The lowest BCUT2D eigenvalue weighted by Crippen LogP contribution is -2.41. The van der Waals surface area contributed by atoms with Gasteiger partial charge in [0.25, 0.3) is 10.0 Å². The van der Waals surface area contributed by atoms with E-state index in [1.165, 1.54) is 57.7 Å². The molecule has 3 aromatic rings. The highest BCUT2D eigenvalue weighted by Gasteiger charge is 2.30. The molecule has 0 aromatic heterocycles. The summed E-state index contributed by atoms with van der Waals surface area (Å²) in [6.45, 7) is 3.21. The van der Waals surface area contributed by atoms with Crippen LogP contribution in [-0.4, -0.2) is 48.3 Å². The number of ether oxygens (including phenoxy) is 4. The van der Waals surface area contributed by atoms with E-state index in [2.05, 4.69) is 5.32 Å². The summed E-state index contributed by atoms with van der Waals surface area (Å²) in [5.74, 6) is 0.111. The number of hydrogen-bond donors (Lipinski definition) is 1. The summed E-state index contributed by atoms with van der Waals surface area (Å²) >= 11 is 0. The standard InChI is InChI=1S/C27H31FN2O7S/c1-18(2)37-24-12-10-19(14-25(24)35-4)16-29-27(31)17-30(22-9-7-6-8-21(22)28)38(32,33)20-11-13-23(34-3)26(15-20)36-5/h6-15,18H,16-17H2,1-5H3,(H,29,31). The number of rotatable bonds is 12. The SMILES string of the molecule is COc1ccc(S(=O)(=O)N(CC(=O)NCc2ccc(OC(C)C)c(OC)c2)c2ccccc2F)cc1OC. The van der Waals surface area contributed by atoms with Gasteiger partial charge in [0.2, 0.25) is 5.91 Å². The van der Waals surface area contributed by atoms with Crippen molar-refractivity contribution >= 4 is 21.6 Å². The topological polar surface area (TPSA) is 103 Å². The molecule has 0 aliphatic heterocycles. The average molecular weight is 547 g/mol. The average Bonchev–Trinajstić information content (AvgIpc) is 2.90. The number of benzene rings is 3. The number of para-hydroxylation sites is 1. The fourth-order valence-corrected chi connectivity index (χ4v) is 5.06. The van der Waals surface area contributed by atoms with E-state index in [-0.39, 0.29) is 29.0 Å². The van der Waals surface area contributed by atoms with Crippen LogP contribution in [0.5, 0.6) is 23.0 Å². The molecular weight excluding hydrogens is 515 g/mol. The van der Waals surface area contributed by atoms with Gasteiger partial charge in [-0.3, -0.25) is 9.10 Å². The van der Waals surface area contributed by atoms with Gasteiger partial charge in [-0.1, -0.05) is 18.2 Å². The summed E-state index contributed by atoms with van der Waals surface area (Å²) in [4.78, 5) is 12.7. The van der Waals surface area contributed by atoms with Crippen LogP contribution >= 0.6 is 0 Å². The summed E-state index contributed by atoms with van der Waals surface area (Å²) in [5.41, 5.74) is 0.431. The number of halogens is 1. The zero-order valence-corrected chi connectivity index (χ0v) is 22.7. The van der Waals surface area contributed by atoms with Gasteiger partial charge in [0.1, 0.15) is 12.4 Å². The van der Waals surface area contributed by atoms with Crippen molar-refractivity contribution in [2.45, 2.75) is 31.4 Å². The third kappa shape index (κ3) is 6.65. The highest BCUT2D eigenvalue weighted by atomic mass is 32.2. The summed E-state index contributed by atoms with van der Waals surface area (Å²) in [6, 6.07) is 14.5. The van der Waals surface area contributed by atoms with Crippen LogP contribution < -0.4 is 28.6 Å². The molecule has 0 atom stereocenters. The smallest absolute Gasteiger partial charge is 0.265 e. The molecule has 0 unspecified atom stereocenters. The maximum Gasteiger partial charge on any atom is 0.265 e. The van der Waals surface area contributed by atoms with Crippen molar-refractivity contribution in [3.8, 4) is 23.0 Å². The summed E-state index contributed by atoms with van der Waals surface area (Å²) in [7, 11) is -0.0825. The largest absolute Gasteiger partial charge is 0.493 e. The van der Waals surface area contributed by atoms with Gasteiger partial charge in [0, 0.05) is 12.6 Å². The first-order valence-electron chi connectivity index (χ1n) is 11.7. The monoisotopic (exact) mass is 546 g/mol. The van der Waals surface area contributed by atoms with Crippen LogP contribution in [0.25, 0.3) is 0 Å². The van der Waals surface area contributed by atoms with Crippen molar-refractivity contribution in [1.29, 1.82) is 0 Å². The zero-order valence-electron chi connectivity index (χ0n) is 21.9. The minimum Gasteiger partial charge on any atom is -0.493 e. The molecule has 1 N–H and O–H groups in total. The van der Waals surface area contributed by atoms with Crippen LogP contribution in [0.4, 0.5) is 10.1 Å². The number of amides is 1. The second-order valence-corrected chi connectivity index (χ2v) is 10.3. The minimum absolute atomic E-state index is 0.0496. The molecule has 0 radical (unpaired) electrons. The van der Waals surface area contributed by atoms with Crippen molar-refractivity contribution in [3.63, 3.8) is 0 Å². The Morgan fingerprint density at radius 3 is 2.16 bits per heavy atom. The molecule has 38 heavy (non-hydrogen) atoms. The first kappa shape index (κ1) is 28.6. The zero-order chi connectivity index (χ0) is 27.9. The van der Waals surface area contributed by atoms with E-state index in [1.54, 1.807) is 18.2 Å². The Kier molecular flexibility index (Phi) is 9.40. The first-order chi connectivity index (χ1) is 18.1. The number of anilines is 1. The van der Waals surface area contributed by atoms with E-state index in [0.717, 1.165) is 10.4 Å². The Labute approximate surface area is 222 Å². The van der Waals surface area contributed by atoms with Gasteiger partial charge in [0.15, 0.2) is 23.0 Å². The fraction of sp³-hybridized carbons (Fsp3) is 0.296. The van der Waals surface area contributed by atoms with Crippen LogP contribution in [0, 0.1) is 5.82 Å². The van der Waals surface area contributed by atoms with Gasteiger partial charge in [-0.2, -0.15) is 0 Å². The summed E-state index contributed by atoms with van der Waals surface area (Å²) in [5, 5.41) is 2.69. The molecule has 9 nitrogen and oxygen atoms in total. The lowest BCUT2D eigenvalue weighted by Gasteiger charge is -2.25. The summed E-state index contributed by atoms with van der Waals surface area (Å²) in [6.07, 6.45) is -0.0496. The molecular formula is C27H31FN2O7S. The van der Waals surface area contributed by atoms with Crippen molar-refractivity contribution < 1.29 is 36.6 Å². The van der Waals surface area contributed by atoms with Crippen LogP contribution in [0.1, 0.15) is 19.4 Å². The highest BCUT2D eigenvalue weighted by Crippen LogP contribution is 2.33. The van der Waals surface area contributed by atoms with Crippen molar-refractivity contribution in [2.24, 2.45) is 0 Å². The predicted molar refractivity (Wildman–Crippen MR) is 141 cm³/mol. The van der Waals surface area contributed by atoms with Crippen molar-refractivity contribution in [1.82, 2.24) is 5.32 Å². The second-order valence-electron chi connectivity index (χ2n) is 8.41. The number of carbonyl (C=O) groups is 1. The molecule has 0 fully saturated rings. The number of hydrogen-bond acceptors (Lipinski definition) is 7. The molecule has 1 amide bonds. The number of sulfonamides is 1. The van der Waals surface area contributed by atoms with Crippen LogP contribution in [-0.2, 0) is 21.4 Å². The van der Waals surface area contributed by atoms with Crippen molar-refractivity contribution in [2.75, 3.05) is 32.2 Å². The summed E-state index contributed by atoms with van der Waals surface area (Å²) < 4.78 is 64.2. The van der Waals surface area contributed by atoms with E-state index in [4.69, 9.17) is 18.9 Å². The first-order valence-corrected chi connectivity index (χ1v) is 13.1. The van der Waals surface area contributed by atoms with Gasteiger partial charge in [-0.05, 0) is 55.8 Å². The molecule has 3 aromatic carbocycles. The highest BCUT2D eigenvalue weighted by molar-refractivity contribution is 7.92. The van der Waals surface area contributed by atoms with Gasteiger partial charge < -0.3 is 24.3 Å².